The number of anilines is 1. The van der Waals surface area contributed by atoms with Crippen LogP contribution in [0.2, 0.25) is 0 Å². The average Bonchev–Trinajstić information content (AvgIpc) is 3.81. The second kappa shape index (κ2) is 18.8. The van der Waals surface area contributed by atoms with E-state index in [0.717, 1.165) is 49.8 Å². The molecule has 3 fully saturated rings. The van der Waals surface area contributed by atoms with Crippen molar-refractivity contribution < 1.29 is 40.7 Å². The van der Waals surface area contributed by atoms with E-state index in [4.69, 9.17) is 4.74 Å². The van der Waals surface area contributed by atoms with Gasteiger partial charge in [-0.3, -0.25) is 33.6 Å². The summed E-state index contributed by atoms with van der Waals surface area (Å²) >= 11 is 1.64. The highest BCUT2D eigenvalue weighted by Crippen LogP contribution is 2.37. The van der Waals surface area contributed by atoms with Gasteiger partial charge in [-0.15, -0.1) is 0 Å². The number of aryl methyl sites for hydroxylation is 1. The zero-order chi connectivity index (χ0) is 45.2. The number of imide groups is 1. The van der Waals surface area contributed by atoms with Crippen molar-refractivity contribution in [3.8, 4) is 23.1 Å². The lowest BCUT2D eigenvalue weighted by Crippen LogP contribution is -2.44. The fraction of sp³-hybridized carbons (Fsp3) is 0.442. The molecule has 0 aliphatic carbocycles. The number of nitrogens with one attached hydrogen (secondary N) is 2. The van der Waals surface area contributed by atoms with E-state index in [0.29, 0.717) is 53.4 Å². The lowest BCUT2D eigenvalue weighted by atomic mass is 10.1. The minimum Gasteiger partial charge on any atom is -0.365 e. The third-order valence-corrected chi connectivity index (χ3v) is 12.5. The highest BCUT2D eigenvalue weighted by molar-refractivity contribution is 7.97. The number of amides is 2. The summed E-state index contributed by atoms with van der Waals surface area (Å²) in [5.41, 5.74) is 0.766. The van der Waals surface area contributed by atoms with Gasteiger partial charge in [-0.2, -0.15) is 31.4 Å². The number of para-hydroxylation sites is 1. The Morgan fingerprint density at radius 3 is 2.45 bits per heavy atom. The van der Waals surface area contributed by atoms with E-state index in [2.05, 4.69) is 64.9 Å². The highest BCUT2D eigenvalue weighted by atomic mass is 32.2. The molecule has 5 aromatic rings. The molecule has 1 atom stereocenters. The van der Waals surface area contributed by atoms with Gasteiger partial charge in [-0.05, 0) is 73.9 Å². The van der Waals surface area contributed by atoms with Crippen LogP contribution < -0.4 is 16.3 Å². The Morgan fingerprint density at radius 2 is 1.72 bits per heavy atom. The first-order chi connectivity index (χ1) is 30.6. The molecule has 64 heavy (non-hydrogen) atoms. The Kier molecular flexibility index (Phi) is 13.2. The van der Waals surface area contributed by atoms with Crippen LogP contribution in [0.3, 0.4) is 0 Å². The van der Waals surface area contributed by atoms with Crippen LogP contribution in [0.5, 0.6) is 0 Å². The zero-order valence-electron chi connectivity index (χ0n) is 34.6. The molecule has 0 radical (unpaired) electrons. The van der Waals surface area contributed by atoms with Crippen LogP contribution in [0.15, 0.2) is 70.7 Å². The lowest BCUT2D eigenvalue weighted by molar-refractivity contribution is -0.142. The molecule has 2 aromatic carbocycles. The topological polar surface area (TPSA) is 144 Å². The third kappa shape index (κ3) is 10.6. The number of ether oxygens (including phenoxy) is 1. The number of carbonyl (C=O) groups is 2. The fourth-order valence-electron chi connectivity index (χ4n) is 8.31. The lowest BCUT2D eigenvalue weighted by Gasteiger charge is -2.32. The molecule has 3 aromatic heterocycles. The average molecular weight is 911 g/mol. The minimum absolute atomic E-state index is 0.0452. The number of piperidine rings is 3. The van der Waals surface area contributed by atoms with Crippen molar-refractivity contribution in [2.24, 2.45) is 7.05 Å². The summed E-state index contributed by atoms with van der Waals surface area (Å²) in [5.74, 6) is 5.37. The number of alkyl halides is 6. The summed E-state index contributed by atoms with van der Waals surface area (Å²) in [5, 5.41) is 9.02. The number of fused-ring (bicyclic) bond motifs is 1. The SMILES string of the molecule is Cn1c(=O)n(C2CCC(=O)NC2=O)c2cccc(C#CCOC3CCN(Cc4cccc(SN5CCC(Nc6ncc(C(F)(F)F)c(-c7cnn(CC(F)(F)F)c7)n6)CC5)c4)CC3)c21. The van der Waals surface area contributed by atoms with Crippen LogP contribution in [0.25, 0.3) is 22.3 Å². The monoisotopic (exact) mass is 910 g/mol. The smallest absolute Gasteiger partial charge is 0.365 e. The molecular formula is C43H44F6N10O4S. The molecule has 21 heteroatoms. The van der Waals surface area contributed by atoms with Gasteiger partial charge in [0.25, 0.3) is 0 Å². The molecule has 3 saturated heterocycles. The maximum absolute atomic E-state index is 13.8. The minimum atomic E-state index is -4.83. The maximum atomic E-state index is 13.8. The normalized spacial score (nSPS) is 18.6. The van der Waals surface area contributed by atoms with Gasteiger partial charge in [0.2, 0.25) is 17.8 Å². The number of imidazole rings is 1. The number of aromatic nitrogens is 6. The number of likely N-dealkylation sites (tertiary alicyclic amines) is 1. The summed E-state index contributed by atoms with van der Waals surface area (Å²) < 4.78 is 91.9. The highest BCUT2D eigenvalue weighted by Gasteiger charge is 2.37. The summed E-state index contributed by atoms with van der Waals surface area (Å²) in [6.07, 6.45) is -3.45. The van der Waals surface area contributed by atoms with E-state index in [9.17, 15) is 40.7 Å². The Morgan fingerprint density at radius 1 is 0.953 bits per heavy atom. The molecule has 0 bridgehead atoms. The van der Waals surface area contributed by atoms with E-state index in [1.54, 1.807) is 31.1 Å². The maximum Gasteiger partial charge on any atom is 0.419 e. The van der Waals surface area contributed by atoms with Crippen LogP contribution in [0, 0.1) is 11.8 Å². The van der Waals surface area contributed by atoms with Crippen molar-refractivity contribution in [2.75, 3.05) is 38.1 Å². The van der Waals surface area contributed by atoms with Gasteiger partial charge in [-0.25, -0.2) is 19.1 Å². The molecular weight excluding hydrogens is 867 g/mol. The third-order valence-electron chi connectivity index (χ3n) is 11.4. The Hall–Kier alpha value is -5.69. The number of hydrogen-bond acceptors (Lipinski definition) is 11. The second-order valence-corrected chi connectivity index (χ2v) is 17.2. The predicted molar refractivity (Wildman–Crippen MR) is 225 cm³/mol. The summed E-state index contributed by atoms with van der Waals surface area (Å²) in [4.78, 5) is 48.9. The number of carbonyl (C=O) groups excluding carboxylic acids is 2. The number of halogens is 6. The van der Waals surface area contributed by atoms with Gasteiger partial charge >= 0.3 is 18.0 Å². The van der Waals surface area contributed by atoms with Crippen molar-refractivity contribution in [1.82, 2.24) is 43.4 Å². The van der Waals surface area contributed by atoms with Gasteiger partial charge < -0.3 is 10.1 Å². The summed E-state index contributed by atoms with van der Waals surface area (Å²) in [6.45, 7) is 2.66. The first-order valence-electron chi connectivity index (χ1n) is 20.8. The number of rotatable bonds is 11. The van der Waals surface area contributed by atoms with Crippen molar-refractivity contribution >= 4 is 40.7 Å². The zero-order valence-corrected chi connectivity index (χ0v) is 35.4. The van der Waals surface area contributed by atoms with E-state index in [1.807, 2.05) is 12.1 Å². The van der Waals surface area contributed by atoms with Crippen LogP contribution in [-0.2, 0) is 40.6 Å². The van der Waals surface area contributed by atoms with E-state index >= 15 is 0 Å². The molecule has 3 aliphatic rings. The van der Waals surface area contributed by atoms with Gasteiger partial charge in [0.05, 0.1) is 34.6 Å². The molecule has 338 valence electrons. The molecule has 1 unspecified atom stereocenters. The Balaban J connectivity index is 0.792. The van der Waals surface area contributed by atoms with Crippen molar-refractivity contribution in [3.05, 3.63) is 88.2 Å². The molecule has 14 nitrogen and oxygen atoms in total. The molecule has 6 heterocycles. The molecule has 3 aliphatic heterocycles. The van der Waals surface area contributed by atoms with Crippen LogP contribution in [0.4, 0.5) is 32.3 Å². The molecule has 2 amide bonds. The Bertz CT molecular complexity index is 2640. The molecule has 0 saturated carbocycles. The first-order valence-corrected chi connectivity index (χ1v) is 21.5. The molecule has 2 N–H and O–H groups in total. The summed E-state index contributed by atoms with van der Waals surface area (Å²) in [7, 11) is 1.64. The number of hydrogen-bond donors (Lipinski definition) is 2. The Labute approximate surface area is 367 Å². The molecule has 0 spiro atoms. The predicted octanol–water partition coefficient (Wildman–Crippen LogP) is 6.17. The number of nitrogens with zero attached hydrogens (tertiary/aromatic N) is 8. The van der Waals surface area contributed by atoms with Gasteiger partial charge in [-0.1, -0.05) is 30.0 Å². The quantitative estimate of drug-likeness (QED) is 0.0680. The van der Waals surface area contributed by atoms with Crippen LogP contribution in [0.1, 0.15) is 61.3 Å². The van der Waals surface area contributed by atoms with Gasteiger partial charge in [0.15, 0.2) is 0 Å². The van der Waals surface area contributed by atoms with Crippen molar-refractivity contribution in [1.29, 1.82) is 0 Å². The van der Waals surface area contributed by atoms with E-state index < -0.39 is 42.1 Å². The van der Waals surface area contributed by atoms with Crippen molar-refractivity contribution in [3.63, 3.8) is 0 Å². The second-order valence-electron chi connectivity index (χ2n) is 16.0. The van der Waals surface area contributed by atoms with Crippen molar-refractivity contribution in [2.45, 2.75) is 87.1 Å². The van der Waals surface area contributed by atoms with Crippen LogP contribution in [-0.4, -0.2) is 101 Å². The standard InChI is InChI=1S/C43H44F6N10O4S/c1-55-38-28(6-3-9-34(38)59(41(55)62)35-10-11-36(60)53-39(35)61)7-4-20-63-31-14-16-56(17-15-31)24-27-5-2-8-32(21-27)64-58-18-12-30(13-19-58)52-40-50-23-33(43(47,48)49)37(54-40)29-22-51-57(25-29)26-42(44,45)46/h2-3,5-6,8-9,21-23,25,30-31,35H,10-20,24,26H2,1H3,(H,50,52,54)(H,53,60,61). The van der Waals surface area contributed by atoms with Gasteiger partial charge in [0.1, 0.15) is 24.8 Å². The number of benzene rings is 2. The van der Waals surface area contributed by atoms with Gasteiger partial charge in [0, 0.05) is 75.1 Å². The largest absolute Gasteiger partial charge is 0.419 e. The fourth-order valence-corrected chi connectivity index (χ4v) is 9.35. The first kappa shape index (κ1) is 44.9. The summed E-state index contributed by atoms with van der Waals surface area (Å²) in [6, 6.07) is 12.9. The van der Waals surface area contributed by atoms with E-state index in [1.165, 1.54) is 14.7 Å². The van der Waals surface area contributed by atoms with E-state index in [-0.39, 0.29) is 54.7 Å². The van der Waals surface area contributed by atoms with Crippen LogP contribution >= 0.6 is 11.9 Å². The molecule has 8 rings (SSSR count).